The van der Waals surface area contributed by atoms with Gasteiger partial charge in [0.05, 0.1) is 29.5 Å². The van der Waals surface area contributed by atoms with E-state index in [9.17, 15) is 40.9 Å². The summed E-state index contributed by atoms with van der Waals surface area (Å²) in [5, 5.41) is 95.5. The first-order chi connectivity index (χ1) is 24.9. The highest BCUT2D eigenvalue weighted by molar-refractivity contribution is 5.96. The first-order valence-electron chi connectivity index (χ1n) is 20.5. The maximum absolute atomic E-state index is 15.0. The van der Waals surface area contributed by atoms with E-state index in [0.29, 0.717) is 36.0 Å². The van der Waals surface area contributed by atoms with Crippen molar-refractivity contribution in [1.82, 2.24) is 0 Å². The summed E-state index contributed by atoms with van der Waals surface area (Å²) >= 11 is 0. The van der Waals surface area contributed by atoms with Crippen molar-refractivity contribution in [2.24, 2.45) is 45.8 Å². The van der Waals surface area contributed by atoms with E-state index < -0.39 is 74.7 Å². The molecule has 5 saturated carbocycles. The smallest absolute Gasteiger partial charge is 0.160 e. The van der Waals surface area contributed by atoms with Crippen molar-refractivity contribution in [3.8, 4) is 11.5 Å². The minimum absolute atomic E-state index is 0.00223. The lowest BCUT2D eigenvalue weighted by atomic mass is 9.36. The summed E-state index contributed by atoms with van der Waals surface area (Å²) in [7, 11) is 0. The predicted molar refractivity (Wildman–Crippen MR) is 194 cm³/mol. The summed E-state index contributed by atoms with van der Waals surface area (Å²) in [6.07, 6.45) is 5.79. The van der Waals surface area contributed by atoms with Gasteiger partial charge in [-0.2, -0.15) is 0 Å². The van der Waals surface area contributed by atoms with Crippen LogP contribution < -0.4 is 0 Å². The van der Waals surface area contributed by atoms with Gasteiger partial charge in [0.2, 0.25) is 0 Å². The van der Waals surface area contributed by atoms with Crippen molar-refractivity contribution in [3.63, 3.8) is 0 Å². The molecule has 7 aliphatic carbocycles. The average Bonchev–Trinajstić information content (AvgIpc) is 3.67. The molecule has 1 aromatic rings. The van der Waals surface area contributed by atoms with Crippen LogP contribution in [-0.2, 0) is 16.0 Å². The zero-order valence-electron chi connectivity index (χ0n) is 31.7. The summed E-state index contributed by atoms with van der Waals surface area (Å²) < 4.78 is 7.06. The van der Waals surface area contributed by atoms with Crippen molar-refractivity contribution < 1.29 is 50.4 Å². The summed E-state index contributed by atoms with van der Waals surface area (Å²) in [4.78, 5) is 15.0. The standard InChI is InChI=1S/C43H60O10/c1-22-8-7-12-43(36(49)23(22)2)41(51,14-15-44)35-30(53-43)19-42(52)27-18-29(47)33-32-26-16-24(45)17-28(46)25(26)9-13-40(32,50)31(48)20-37(33,3)34(27)39(10-5-6-11-39)21-38(35,42)4/h16-18,22-23,30-36,44-46,48-52H,5-15,19-21H2,1-4H3/t22-,23+,30+,31+,32-,33-,34+,35+,36+,37+,38-,40+,41-,42-,43+/m1/s1. The molecule has 1 heterocycles. The number of aliphatic hydroxyl groups is 6. The largest absolute Gasteiger partial charge is 0.508 e. The second-order valence-electron chi connectivity index (χ2n) is 20.0. The SMILES string of the molecule is C[C@H]1[C@H](C)CCC[C@]2(O[C@H]3C[C@@]4(O)C5=CC(=O)[C@@H]6[C@H]7c8cc(O)cc(O)c8CC[C@]7(O)[C@@H](O)C[C@]6(C)[C@H]5C5(CCCC5)C[C@]4(C)[C@H]3[C@]2(O)CCO)[C@H]1O. The first kappa shape index (κ1) is 36.6. The van der Waals surface area contributed by atoms with E-state index in [1.807, 2.05) is 20.8 Å². The van der Waals surface area contributed by atoms with Gasteiger partial charge in [0.1, 0.15) is 22.7 Å². The van der Waals surface area contributed by atoms with Gasteiger partial charge in [-0.3, -0.25) is 4.79 Å². The Morgan fingerprint density at radius 3 is 2.34 bits per heavy atom. The molecule has 10 heteroatoms. The van der Waals surface area contributed by atoms with Crippen molar-refractivity contribution in [3.05, 3.63) is 34.9 Å². The van der Waals surface area contributed by atoms with Gasteiger partial charge in [0.15, 0.2) is 5.78 Å². The molecule has 292 valence electrons. The van der Waals surface area contributed by atoms with E-state index in [4.69, 9.17) is 4.74 Å². The number of rotatable bonds is 2. The quantitative estimate of drug-likeness (QED) is 0.219. The molecule has 10 nitrogen and oxygen atoms in total. The highest BCUT2D eigenvalue weighted by Gasteiger charge is 2.82. The van der Waals surface area contributed by atoms with Gasteiger partial charge in [0, 0.05) is 48.7 Å². The predicted octanol–water partition coefficient (Wildman–Crippen LogP) is 4.16. The molecule has 8 N–H and O–H groups in total. The number of phenols is 2. The molecule has 2 spiro atoms. The molecule has 0 aromatic heterocycles. The molecule has 0 unspecified atom stereocenters. The van der Waals surface area contributed by atoms with Crippen LogP contribution in [-0.4, -0.2) is 94.0 Å². The number of ketones is 1. The maximum atomic E-state index is 15.0. The van der Waals surface area contributed by atoms with Crippen molar-refractivity contribution in [1.29, 1.82) is 0 Å². The Labute approximate surface area is 312 Å². The second kappa shape index (κ2) is 11.3. The van der Waals surface area contributed by atoms with E-state index in [0.717, 1.165) is 38.5 Å². The third kappa shape index (κ3) is 4.22. The number of hydrogen-bond donors (Lipinski definition) is 8. The van der Waals surface area contributed by atoms with E-state index in [2.05, 4.69) is 6.92 Å². The van der Waals surface area contributed by atoms with Gasteiger partial charge >= 0.3 is 0 Å². The monoisotopic (exact) mass is 736 g/mol. The van der Waals surface area contributed by atoms with Gasteiger partial charge in [-0.1, -0.05) is 53.4 Å². The first-order valence-corrected chi connectivity index (χ1v) is 20.5. The molecule has 6 fully saturated rings. The summed E-state index contributed by atoms with van der Waals surface area (Å²) in [5.41, 5.74) is -6.77. The Morgan fingerprint density at radius 1 is 0.925 bits per heavy atom. The van der Waals surface area contributed by atoms with Crippen LogP contribution in [0, 0.1) is 45.8 Å². The van der Waals surface area contributed by atoms with E-state index in [-0.39, 0.29) is 67.3 Å². The van der Waals surface area contributed by atoms with Gasteiger partial charge < -0.3 is 45.6 Å². The van der Waals surface area contributed by atoms with Crippen LogP contribution in [0.5, 0.6) is 11.5 Å². The van der Waals surface area contributed by atoms with Gasteiger partial charge in [-0.25, -0.2) is 0 Å². The fourth-order valence-corrected chi connectivity index (χ4v) is 15.7. The highest BCUT2D eigenvalue weighted by Crippen LogP contribution is 2.79. The van der Waals surface area contributed by atoms with Crippen LogP contribution in [0.25, 0.3) is 0 Å². The molecule has 15 atom stereocenters. The van der Waals surface area contributed by atoms with Gasteiger partial charge in [0.25, 0.3) is 0 Å². The lowest BCUT2D eigenvalue weighted by molar-refractivity contribution is -0.244. The Kier molecular flexibility index (Phi) is 7.79. The van der Waals surface area contributed by atoms with Crippen molar-refractivity contribution in [2.75, 3.05) is 6.61 Å². The average molecular weight is 737 g/mol. The van der Waals surface area contributed by atoms with E-state index in [1.165, 1.54) is 12.1 Å². The number of ether oxygens (including phenoxy) is 1. The summed E-state index contributed by atoms with van der Waals surface area (Å²) in [6.45, 7) is 7.93. The molecule has 1 aliphatic heterocycles. The number of aromatic hydroxyl groups is 2. The van der Waals surface area contributed by atoms with E-state index in [1.54, 1.807) is 6.08 Å². The number of carbonyl (C=O) groups excluding carboxylic acids is 1. The molecule has 9 rings (SSSR count). The van der Waals surface area contributed by atoms with Crippen molar-refractivity contribution >= 4 is 5.78 Å². The van der Waals surface area contributed by atoms with Gasteiger partial charge in [-0.15, -0.1) is 0 Å². The molecule has 1 aromatic carbocycles. The van der Waals surface area contributed by atoms with Crippen LogP contribution in [0.4, 0.5) is 0 Å². The molecular formula is C43H60O10. The lowest BCUT2D eigenvalue weighted by Gasteiger charge is -2.69. The molecule has 0 amide bonds. The number of fused-ring (bicyclic) bond motifs is 12. The summed E-state index contributed by atoms with van der Waals surface area (Å²) in [6, 6.07) is 2.81. The number of allylic oxidation sites excluding steroid dienone is 1. The van der Waals surface area contributed by atoms with Crippen LogP contribution in [0.1, 0.15) is 122 Å². The molecule has 0 bridgehead atoms. The third-order valence-corrected chi connectivity index (χ3v) is 17.8. The molecule has 8 aliphatic rings. The van der Waals surface area contributed by atoms with Gasteiger partial charge in [-0.05, 0) is 102 Å². The zero-order valence-corrected chi connectivity index (χ0v) is 31.7. The number of hydrogen-bond acceptors (Lipinski definition) is 10. The Hall–Kier alpha value is -2.05. The zero-order chi connectivity index (χ0) is 37.9. The maximum Gasteiger partial charge on any atom is 0.160 e. The minimum atomic E-state index is -1.65. The highest BCUT2D eigenvalue weighted by atomic mass is 16.6. The molecular weight excluding hydrogens is 676 g/mol. The number of phenolic OH excluding ortho intramolecular Hbond substituents is 2. The van der Waals surface area contributed by atoms with E-state index >= 15 is 4.79 Å². The second-order valence-corrected chi connectivity index (χ2v) is 20.0. The molecule has 1 saturated heterocycles. The minimum Gasteiger partial charge on any atom is -0.508 e. The number of aliphatic hydroxyl groups excluding tert-OH is 3. The summed E-state index contributed by atoms with van der Waals surface area (Å²) in [5.74, 6) is -3.07. The third-order valence-electron chi connectivity index (χ3n) is 17.8. The van der Waals surface area contributed by atoms with Crippen molar-refractivity contribution in [2.45, 2.75) is 158 Å². The lowest BCUT2D eigenvalue weighted by Crippen LogP contribution is -2.71. The molecule has 0 radical (unpaired) electrons. The topological polar surface area (TPSA) is 188 Å². The fraction of sp³-hybridized carbons (Fsp3) is 0.791. The van der Waals surface area contributed by atoms with Crippen LogP contribution in [0.3, 0.4) is 0 Å². The Bertz CT molecular complexity index is 1750. The van der Waals surface area contributed by atoms with Crippen LogP contribution in [0.2, 0.25) is 0 Å². The molecule has 53 heavy (non-hydrogen) atoms. The van der Waals surface area contributed by atoms with Crippen LogP contribution in [0.15, 0.2) is 23.8 Å². The Morgan fingerprint density at radius 2 is 1.64 bits per heavy atom. The van der Waals surface area contributed by atoms with Crippen LogP contribution >= 0.6 is 0 Å². The number of carbonyl (C=O) groups is 1. The fourth-order valence-electron chi connectivity index (χ4n) is 15.7. The Balaban J connectivity index is 1.22. The normalized spacial score (nSPS) is 52.2. The number of benzene rings is 1.